The second-order valence-corrected chi connectivity index (χ2v) is 10.4. The fraction of sp³-hybridized carbons (Fsp3) is 0.371. The summed E-state index contributed by atoms with van der Waals surface area (Å²) in [7, 11) is 0. The number of rotatable bonds is 16. The van der Waals surface area contributed by atoms with Gasteiger partial charge in [-0.05, 0) is 84.5 Å². The van der Waals surface area contributed by atoms with E-state index in [4.69, 9.17) is 4.74 Å². The zero-order chi connectivity index (χ0) is 28.8. The van der Waals surface area contributed by atoms with E-state index in [0.29, 0.717) is 25.1 Å². The SMILES string of the molecule is CCc1ccc(CCCCOCc2cccc(/C=C/c3cccc(NC(=O)CC(CC)(CC)C(=O)O)c3)c2)cc1. The van der Waals surface area contributed by atoms with Crippen LogP contribution in [0.4, 0.5) is 5.69 Å². The highest BCUT2D eigenvalue weighted by Gasteiger charge is 2.37. The maximum atomic E-state index is 12.6. The number of aliphatic carboxylic acids is 1. The van der Waals surface area contributed by atoms with Crippen molar-refractivity contribution in [2.24, 2.45) is 5.41 Å². The minimum atomic E-state index is -1.03. The maximum absolute atomic E-state index is 12.6. The molecule has 0 bridgehead atoms. The van der Waals surface area contributed by atoms with E-state index in [2.05, 4.69) is 54.7 Å². The number of amides is 1. The molecule has 0 saturated heterocycles. The van der Waals surface area contributed by atoms with Crippen LogP contribution in [-0.4, -0.2) is 23.6 Å². The smallest absolute Gasteiger partial charge is 0.310 e. The summed E-state index contributed by atoms with van der Waals surface area (Å²) >= 11 is 0. The van der Waals surface area contributed by atoms with Gasteiger partial charge in [0.1, 0.15) is 0 Å². The molecule has 0 heterocycles. The number of ether oxygens (including phenoxy) is 1. The summed E-state index contributed by atoms with van der Waals surface area (Å²) in [5.41, 5.74) is 5.54. The Morgan fingerprint density at radius 1 is 0.825 bits per heavy atom. The normalized spacial score (nSPS) is 11.6. The average molecular weight is 542 g/mol. The van der Waals surface area contributed by atoms with Gasteiger partial charge in [0.25, 0.3) is 0 Å². The van der Waals surface area contributed by atoms with Gasteiger partial charge in [-0.2, -0.15) is 0 Å². The highest BCUT2D eigenvalue weighted by molar-refractivity contribution is 5.94. The molecule has 0 radical (unpaired) electrons. The minimum Gasteiger partial charge on any atom is -0.481 e. The predicted octanol–water partition coefficient (Wildman–Crippen LogP) is 8.18. The molecule has 3 aromatic carbocycles. The number of hydrogen-bond donors (Lipinski definition) is 2. The second-order valence-electron chi connectivity index (χ2n) is 10.4. The van der Waals surface area contributed by atoms with Crippen molar-refractivity contribution in [3.8, 4) is 0 Å². The lowest BCUT2D eigenvalue weighted by Crippen LogP contribution is -2.34. The summed E-state index contributed by atoms with van der Waals surface area (Å²) in [5.74, 6) is -1.21. The number of unbranched alkanes of at least 4 members (excludes halogenated alkanes) is 1. The topological polar surface area (TPSA) is 75.6 Å². The number of aryl methyl sites for hydroxylation is 2. The first kappa shape index (κ1) is 30.8. The third-order valence-electron chi connectivity index (χ3n) is 7.60. The van der Waals surface area contributed by atoms with Crippen molar-refractivity contribution in [2.75, 3.05) is 11.9 Å². The molecule has 3 aromatic rings. The Kier molecular flexibility index (Phi) is 12.2. The van der Waals surface area contributed by atoms with Crippen molar-refractivity contribution in [1.29, 1.82) is 0 Å². The fourth-order valence-electron chi connectivity index (χ4n) is 4.75. The summed E-state index contributed by atoms with van der Waals surface area (Å²) in [6.07, 6.45) is 9.13. The Morgan fingerprint density at radius 3 is 2.12 bits per heavy atom. The van der Waals surface area contributed by atoms with Crippen molar-refractivity contribution in [3.63, 3.8) is 0 Å². The molecule has 0 aromatic heterocycles. The van der Waals surface area contributed by atoms with Gasteiger partial charge in [0.05, 0.1) is 12.0 Å². The first-order valence-corrected chi connectivity index (χ1v) is 14.4. The van der Waals surface area contributed by atoms with Crippen LogP contribution in [0.2, 0.25) is 0 Å². The average Bonchev–Trinajstić information content (AvgIpc) is 2.97. The summed E-state index contributed by atoms with van der Waals surface area (Å²) in [5, 5.41) is 12.5. The first-order valence-electron chi connectivity index (χ1n) is 14.4. The van der Waals surface area contributed by atoms with Crippen molar-refractivity contribution in [1.82, 2.24) is 0 Å². The van der Waals surface area contributed by atoms with Crippen molar-refractivity contribution in [3.05, 3.63) is 101 Å². The summed E-state index contributed by atoms with van der Waals surface area (Å²) in [6.45, 7) is 7.13. The molecule has 0 aliphatic heterocycles. The van der Waals surface area contributed by atoms with Crippen LogP contribution in [-0.2, 0) is 33.8 Å². The van der Waals surface area contributed by atoms with Gasteiger partial charge in [0, 0.05) is 18.7 Å². The van der Waals surface area contributed by atoms with Crippen LogP contribution in [0.25, 0.3) is 12.2 Å². The number of carboxylic acids is 1. The highest BCUT2D eigenvalue weighted by Crippen LogP contribution is 2.31. The lowest BCUT2D eigenvalue weighted by Gasteiger charge is -2.25. The molecule has 0 spiro atoms. The van der Waals surface area contributed by atoms with E-state index in [1.54, 1.807) is 0 Å². The second kappa shape index (κ2) is 15.8. The molecule has 0 unspecified atom stereocenters. The summed E-state index contributed by atoms with van der Waals surface area (Å²) in [6, 6.07) is 24.7. The van der Waals surface area contributed by atoms with E-state index in [1.165, 1.54) is 11.1 Å². The molecule has 0 aliphatic carbocycles. The monoisotopic (exact) mass is 541 g/mol. The van der Waals surface area contributed by atoms with Crippen molar-refractivity contribution < 1.29 is 19.4 Å². The number of hydrogen-bond acceptors (Lipinski definition) is 3. The van der Waals surface area contributed by atoms with E-state index in [1.807, 2.05) is 56.3 Å². The Balaban J connectivity index is 1.46. The zero-order valence-electron chi connectivity index (χ0n) is 24.1. The number of anilines is 1. The van der Waals surface area contributed by atoms with Crippen LogP contribution in [0.15, 0.2) is 72.8 Å². The molecule has 0 aliphatic rings. The van der Waals surface area contributed by atoms with Gasteiger partial charge in [-0.25, -0.2) is 0 Å². The van der Waals surface area contributed by atoms with Gasteiger partial charge in [-0.15, -0.1) is 0 Å². The fourth-order valence-corrected chi connectivity index (χ4v) is 4.75. The van der Waals surface area contributed by atoms with Gasteiger partial charge in [-0.3, -0.25) is 9.59 Å². The van der Waals surface area contributed by atoms with Gasteiger partial charge in [0.15, 0.2) is 0 Å². The zero-order valence-corrected chi connectivity index (χ0v) is 24.1. The number of benzene rings is 3. The third kappa shape index (κ3) is 9.49. The van der Waals surface area contributed by atoms with Gasteiger partial charge in [0.2, 0.25) is 5.91 Å². The van der Waals surface area contributed by atoms with E-state index >= 15 is 0 Å². The molecule has 212 valence electrons. The van der Waals surface area contributed by atoms with Gasteiger partial charge in [-0.1, -0.05) is 87.5 Å². The minimum absolute atomic E-state index is 0.0445. The lowest BCUT2D eigenvalue weighted by atomic mass is 9.79. The van der Waals surface area contributed by atoms with Crippen LogP contribution < -0.4 is 5.32 Å². The predicted molar refractivity (Wildman–Crippen MR) is 164 cm³/mol. The standard InChI is InChI=1S/C35H43NO4/c1-4-27-16-18-28(19-17-27)11-7-8-22-40-26-31-14-9-12-29(23-31)20-21-30-13-10-15-32(24-30)36-33(37)25-35(5-2,6-3)34(38)39/h9-10,12-21,23-24H,4-8,11,22,25-26H2,1-3H3,(H,36,37)(H,38,39)/b21-20+. The maximum Gasteiger partial charge on any atom is 0.310 e. The molecule has 5 heteroatoms. The van der Waals surface area contributed by atoms with E-state index in [0.717, 1.165) is 49.0 Å². The number of carbonyl (C=O) groups excluding carboxylic acids is 1. The molecule has 2 N–H and O–H groups in total. The molecule has 0 atom stereocenters. The Morgan fingerprint density at radius 2 is 1.48 bits per heavy atom. The summed E-state index contributed by atoms with van der Waals surface area (Å²) in [4.78, 5) is 24.3. The molecular formula is C35H43NO4. The highest BCUT2D eigenvalue weighted by atomic mass is 16.5. The Hall–Kier alpha value is -3.70. The van der Waals surface area contributed by atoms with Gasteiger partial charge < -0.3 is 15.2 Å². The van der Waals surface area contributed by atoms with Crippen LogP contribution in [0.1, 0.15) is 80.7 Å². The van der Waals surface area contributed by atoms with Crippen molar-refractivity contribution in [2.45, 2.75) is 72.3 Å². The van der Waals surface area contributed by atoms with Crippen LogP contribution in [0, 0.1) is 5.41 Å². The van der Waals surface area contributed by atoms with Crippen LogP contribution in [0.3, 0.4) is 0 Å². The quantitative estimate of drug-likeness (QED) is 0.142. The Labute approximate surface area is 239 Å². The largest absolute Gasteiger partial charge is 0.481 e. The van der Waals surface area contributed by atoms with Crippen LogP contribution in [0.5, 0.6) is 0 Å². The van der Waals surface area contributed by atoms with E-state index in [9.17, 15) is 14.7 Å². The number of carbonyl (C=O) groups is 2. The molecule has 1 amide bonds. The van der Waals surface area contributed by atoms with E-state index < -0.39 is 11.4 Å². The molecule has 0 fully saturated rings. The summed E-state index contributed by atoms with van der Waals surface area (Å²) < 4.78 is 5.93. The Bertz CT molecular complexity index is 1260. The molecule has 5 nitrogen and oxygen atoms in total. The van der Waals surface area contributed by atoms with Crippen molar-refractivity contribution >= 4 is 29.7 Å². The molecule has 40 heavy (non-hydrogen) atoms. The number of nitrogens with one attached hydrogen (secondary N) is 1. The van der Waals surface area contributed by atoms with E-state index in [-0.39, 0.29) is 12.3 Å². The third-order valence-corrected chi connectivity index (χ3v) is 7.60. The lowest BCUT2D eigenvalue weighted by molar-refractivity contribution is -0.151. The molecule has 0 saturated carbocycles. The molecular weight excluding hydrogens is 498 g/mol. The first-order chi connectivity index (χ1) is 19.4. The van der Waals surface area contributed by atoms with Crippen LogP contribution >= 0.6 is 0 Å². The van der Waals surface area contributed by atoms with Gasteiger partial charge >= 0.3 is 5.97 Å². The molecule has 3 rings (SSSR count). The number of carboxylic acid groups (broad SMARTS) is 1.